The maximum absolute atomic E-state index is 3.62. The lowest BCUT2D eigenvalue weighted by Crippen LogP contribution is -2.33. The van der Waals surface area contributed by atoms with Crippen molar-refractivity contribution in [3.05, 3.63) is 58.6 Å². The second kappa shape index (κ2) is 6.23. The first-order valence-corrected chi connectivity index (χ1v) is 8.92. The summed E-state index contributed by atoms with van der Waals surface area (Å²) in [6.45, 7) is 0. The van der Waals surface area contributed by atoms with E-state index in [9.17, 15) is 0 Å². The second-order valence-electron chi connectivity index (χ2n) is 5.29. The molecule has 0 spiro atoms. The summed E-state index contributed by atoms with van der Waals surface area (Å²) in [6, 6.07) is 18.1. The summed E-state index contributed by atoms with van der Waals surface area (Å²) < 4.78 is 1.16. The SMILES string of the molecule is CSc1ccc(NC2CC(c3ccc(Br)cc3)C2)cc1. The molecule has 0 atom stereocenters. The fraction of sp³-hybridized carbons (Fsp3) is 0.294. The summed E-state index contributed by atoms with van der Waals surface area (Å²) in [5, 5.41) is 3.62. The van der Waals surface area contributed by atoms with Crippen molar-refractivity contribution in [3.8, 4) is 0 Å². The first-order valence-electron chi connectivity index (χ1n) is 6.90. The molecule has 0 bridgehead atoms. The molecule has 1 fully saturated rings. The van der Waals surface area contributed by atoms with Gasteiger partial charge in [-0.05, 0) is 67.0 Å². The number of halogens is 1. The van der Waals surface area contributed by atoms with E-state index in [0.29, 0.717) is 12.0 Å². The Morgan fingerprint density at radius 1 is 1.00 bits per heavy atom. The van der Waals surface area contributed by atoms with Crippen molar-refractivity contribution < 1.29 is 0 Å². The van der Waals surface area contributed by atoms with Crippen molar-refractivity contribution in [2.45, 2.75) is 29.7 Å². The first-order chi connectivity index (χ1) is 9.74. The summed E-state index contributed by atoms with van der Waals surface area (Å²) in [7, 11) is 0. The Morgan fingerprint density at radius 2 is 1.65 bits per heavy atom. The van der Waals surface area contributed by atoms with Crippen LogP contribution in [0.5, 0.6) is 0 Å². The number of thioether (sulfide) groups is 1. The molecule has 104 valence electrons. The van der Waals surface area contributed by atoms with Crippen molar-refractivity contribution in [1.29, 1.82) is 0 Å². The van der Waals surface area contributed by atoms with Crippen molar-refractivity contribution in [1.82, 2.24) is 0 Å². The standard InChI is InChI=1S/C17H18BrNS/c1-20-17-8-6-15(7-9-17)19-16-10-13(11-16)12-2-4-14(18)5-3-12/h2-9,13,16,19H,10-11H2,1H3. The lowest BCUT2D eigenvalue weighted by Gasteiger charge is -2.37. The number of benzene rings is 2. The quantitative estimate of drug-likeness (QED) is 0.729. The van der Waals surface area contributed by atoms with Gasteiger partial charge in [-0.2, -0.15) is 0 Å². The molecule has 2 aromatic carbocycles. The molecule has 1 N–H and O–H groups in total. The minimum absolute atomic E-state index is 0.615. The van der Waals surface area contributed by atoms with Gasteiger partial charge in [0.1, 0.15) is 0 Å². The molecule has 0 heterocycles. The smallest absolute Gasteiger partial charge is 0.0343 e. The molecule has 0 saturated heterocycles. The highest BCUT2D eigenvalue weighted by atomic mass is 79.9. The third kappa shape index (κ3) is 3.21. The zero-order valence-corrected chi connectivity index (χ0v) is 13.9. The van der Waals surface area contributed by atoms with Crippen LogP contribution in [0.25, 0.3) is 0 Å². The number of anilines is 1. The Bertz CT molecular complexity index is 559. The van der Waals surface area contributed by atoms with Gasteiger partial charge in [0, 0.05) is 21.1 Å². The Hall–Kier alpha value is -0.930. The van der Waals surface area contributed by atoms with Crippen LogP contribution in [-0.4, -0.2) is 12.3 Å². The van der Waals surface area contributed by atoms with Gasteiger partial charge >= 0.3 is 0 Å². The van der Waals surface area contributed by atoms with Gasteiger partial charge in [0.15, 0.2) is 0 Å². The minimum atomic E-state index is 0.615. The molecule has 0 amide bonds. The van der Waals surface area contributed by atoms with Gasteiger partial charge in [0.25, 0.3) is 0 Å². The summed E-state index contributed by atoms with van der Waals surface area (Å²) in [5.74, 6) is 0.714. The molecule has 1 aliphatic carbocycles. The summed E-state index contributed by atoms with van der Waals surface area (Å²) in [4.78, 5) is 1.32. The average Bonchev–Trinajstić information content (AvgIpc) is 2.44. The normalized spacial score (nSPS) is 21.3. The molecular formula is C17H18BrNS. The third-order valence-electron chi connectivity index (χ3n) is 3.94. The van der Waals surface area contributed by atoms with Crippen LogP contribution in [-0.2, 0) is 0 Å². The van der Waals surface area contributed by atoms with E-state index in [1.54, 1.807) is 11.8 Å². The van der Waals surface area contributed by atoms with E-state index in [-0.39, 0.29) is 0 Å². The first kappa shape index (κ1) is 14.0. The van der Waals surface area contributed by atoms with Gasteiger partial charge in [0.05, 0.1) is 0 Å². The molecule has 20 heavy (non-hydrogen) atoms. The topological polar surface area (TPSA) is 12.0 Å². The summed E-state index contributed by atoms with van der Waals surface area (Å²) >= 11 is 5.27. The van der Waals surface area contributed by atoms with Crippen LogP contribution in [0.4, 0.5) is 5.69 Å². The van der Waals surface area contributed by atoms with Gasteiger partial charge in [0.2, 0.25) is 0 Å². The van der Waals surface area contributed by atoms with Gasteiger partial charge in [-0.25, -0.2) is 0 Å². The van der Waals surface area contributed by atoms with Crippen LogP contribution < -0.4 is 5.32 Å². The van der Waals surface area contributed by atoms with Gasteiger partial charge in [-0.1, -0.05) is 28.1 Å². The van der Waals surface area contributed by atoms with E-state index in [4.69, 9.17) is 0 Å². The van der Waals surface area contributed by atoms with Crippen LogP contribution in [0.1, 0.15) is 24.3 Å². The molecular weight excluding hydrogens is 330 g/mol. The Labute approximate surface area is 133 Å². The maximum Gasteiger partial charge on any atom is 0.0343 e. The lowest BCUT2D eigenvalue weighted by molar-refractivity contribution is 0.374. The van der Waals surface area contributed by atoms with Crippen molar-refractivity contribution >= 4 is 33.4 Å². The van der Waals surface area contributed by atoms with E-state index in [1.165, 1.54) is 29.0 Å². The Balaban J connectivity index is 1.53. The van der Waals surface area contributed by atoms with Crippen molar-refractivity contribution in [2.75, 3.05) is 11.6 Å². The molecule has 0 aliphatic heterocycles. The van der Waals surface area contributed by atoms with Crippen LogP contribution in [0, 0.1) is 0 Å². The molecule has 1 aliphatic rings. The largest absolute Gasteiger partial charge is 0.382 e. The van der Waals surface area contributed by atoms with Crippen LogP contribution in [0.15, 0.2) is 57.9 Å². The molecule has 0 aromatic heterocycles. The Kier molecular flexibility index (Phi) is 4.37. The number of hydrogen-bond acceptors (Lipinski definition) is 2. The lowest BCUT2D eigenvalue weighted by atomic mass is 9.76. The molecule has 1 nitrogen and oxygen atoms in total. The number of rotatable bonds is 4. The van der Waals surface area contributed by atoms with E-state index in [0.717, 1.165) is 4.47 Å². The zero-order chi connectivity index (χ0) is 13.9. The molecule has 3 rings (SSSR count). The monoisotopic (exact) mass is 347 g/mol. The predicted molar refractivity (Wildman–Crippen MR) is 91.8 cm³/mol. The van der Waals surface area contributed by atoms with Crippen LogP contribution in [0.2, 0.25) is 0 Å². The van der Waals surface area contributed by atoms with Crippen molar-refractivity contribution in [3.63, 3.8) is 0 Å². The van der Waals surface area contributed by atoms with Gasteiger partial charge < -0.3 is 5.32 Å². The van der Waals surface area contributed by atoms with Gasteiger partial charge in [-0.3, -0.25) is 0 Å². The fourth-order valence-electron chi connectivity index (χ4n) is 2.67. The molecule has 0 unspecified atom stereocenters. The highest BCUT2D eigenvalue weighted by Gasteiger charge is 2.29. The van der Waals surface area contributed by atoms with E-state index >= 15 is 0 Å². The fourth-order valence-corrected chi connectivity index (χ4v) is 3.34. The zero-order valence-electron chi connectivity index (χ0n) is 11.5. The van der Waals surface area contributed by atoms with Crippen LogP contribution >= 0.6 is 27.7 Å². The second-order valence-corrected chi connectivity index (χ2v) is 7.08. The van der Waals surface area contributed by atoms with Crippen molar-refractivity contribution in [2.24, 2.45) is 0 Å². The van der Waals surface area contributed by atoms with E-state index in [1.807, 2.05) is 0 Å². The highest BCUT2D eigenvalue weighted by Crippen LogP contribution is 2.38. The molecule has 2 aromatic rings. The summed E-state index contributed by atoms with van der Waals surface area (Å²) in [6.07, 6.45) is 4.56. The molecule has 1 saturated carbocycles. The Morgan fingerprint density at radius 3 is 2.25 bits per heavy atom. The molecule has 3 heteroatoms. The van der Waals surface area contributed by atoms with E-state index < -0.39 is 0 Å². The minimum Gasteiger partial charge on any atom is -0.382 e. The van der Waals surface area contributed by atoms with E-state index in [2.05, 4.69) is 76.0 Å². The predicted octanol–water partition coefficient (Wildman–Crippen LogP) is 5.53. The van der Waals surface area contributed by atoms with Crippen LogP contribution in [0.3, 0.4) is 0 Å². The average molecular weight is 348 g/mol. The van der Waals surface area contributed by atoms with Gasteiger partial charge in [-0.15, -0.1) is 11.8 Å². The third-order valence-corrected chi connectivity index (χ3v) is 5.21. The summed E-state index contributed by atoms with van der Waals surface area (Å²) in [5.41, 5.74) is 2.70. The molecule has 0 radical (unpaired) electrons. The number of nitrogens with one attached hydrogen (secondary N) is 1. The number of hydrogen-bond donors (Lipinski definition) is 1. The highest BCUT2D eigenvalue weighted by molar-refractivity contribution is 9.10. The maximum atomic E-state index is 3.62.